The maximum absolute atomic E-state index is 4.69. The molecule has 0 aliphatic carbocycles. The van der Waals surface area contributed by atoms with Crippen molar-refractivity contribution in [1.29, 1.82) is 0 Å². The number of anilines is 1. The molecule has 0 spiro atoms. The molecule has 0 saturated carbocycles. The maximum Gasteiger partial charge on any atom is 0.137 e. The van der Waals surface area contributed by atoms with Crippen LogP contribution in [0.2, 0.25) is 0 Å². The van der Waals surface area contributed by atoms with Crippen molar-refractivity contribution >= 4 is 16.9 Å². The SMILES string of the molecule is Cc1nn(C)c(C)c1-c1cnc2[nH]cc(-c3ccnc(N4CCN(C)CC4)c3)c2c1. The molecule has 7 heteroatoms. The summed E-state index contributed by atoms with van der Waals surface area (Å²) in [4.78, 5) is 17.4. The molecule has 1 fully saturated rings. The van der Waals surface area contributed by atoms with Gasteiger partial charge in [-0.05, 0) is 44.7 Å². The number of H-pyrrole nitrogens is 1. The van der Waals surface area contributed by atoms with E-state index in [1.165, 1.54) is 0 Å². The Hall–Kier alpha value is -3.19. The Labute approximate surface area is 176 Å². The first-order valence-electron chi connectivity index (χ1n) is 10.4. The molecule has 1 saturated heterocycles. The van der Waals surface area contributed by atoms with Crippen molar-refractivity contribution in [3.8, 4) is 22.3 Å². The summed E-state index contributed by atoms with van der Waals surface area (Å²) >= 11 is 0. The fraction of sp³-hybridized carbons (Fsp3) is 0.348. The molecule has 1 aliphatic heterocycles. The fourth-order valence-corrected chi connectivity index (χ4v) is 4.36. The summed E-state index contributed by atoms with van der Waals surface area (Å²) in [6.07, 6.45) is 5.89. The minimum absolute atomic E-state index is 0.894. The van der Waals surface area contributed by atoms with Gasteiger partial charge in [-0.3, -0.25) is 4.68 Å². The number of rotatable bonds is 3. The third kappa shape index (κ3) is 3.15. The number of hydrogen-bond donors (Lipinski definition) is 1. The molecular weight excluding hydrogens is 374 g/mol. The second-order valence-corrected chi connectivity index (χ2v) is 8.18. The number of piperazine rings is 1. The molecule has 154 valence electrons. The molecule has 0 aromatic carbocycles. The van der Waals surface area contributed by atoms with Crippen LogP contribution in [0.4, 0.5) is 5.82 Å². The molecule has 30 heavy (non-hydrogen) atoms. The Bertz CT molecular complexity index is 1210. The summed E-state index contributed by atoms with van der Waals surface area (Å²) in [5, 5.41) is 5.68. The van der Waals surface area contributed by atoms with E-state index in [0.717, 1.165) is 76.7 Å². The normalized spacial score (nSPS) is 15.3. The molecule has 0 atom stereocenters. The number of likely N-dealkylation sites (N-methyl/N-ethyl adjacent to an activating group) is 1. The average Bonchev–Trinajstić information content (AvgIpc) is 3.28. The smallest absolute Gasteiger partial charge is 0.137 e. The van der Waals surface area contributed by atoms with Gasteiger partial charge in [0, 0.05) is 79.6 Å². The van der Waals surface area contributed by atoms with Gasteiger partial charge in [-0.15, -0.1) is 0 Å². The van der Waals surface area contributed by atoms with Gasteiger partial charge in [0.2, 0.25) is 0 Å². The number of aryl methyl sites for hydroxylation is 2. The number of aromatic amines is 1. The lowest BCUT2D eigenvalue weighted by atomic mass is 10.0. The zero-order valence-corrected chi connectivity index (χ0v) is 18.0. The molecule has 5 rings (SSSR count). The van der Waals surface area contributed by atoms with Crippen LogP contribution in [0.15, 0.2) is 36.8 Å². The molecule has 4 aromatic rings. The molecule has 0 amide bonds. The molecule has 0 radical (unpaired) electrons. The molecule has 1 aliphatic rings. The van der Waals surface area contributed by atoms with Gasteiger partial charge in [-0.25, -0.2) is 9.97 Å². The van der Waals surface area contributed by atoms with Crippen LogP contribution in [0.5, 0.6) is 0 Å². The third-order valence-corrected chi connectivity index (χ3v) is 6.21. The Morgan fingerprint density at radius 2 is 1.77 bits per heavy atom. The molecule has 4 aromatic heterocycles. The number of fused-ring (bicyclic) bond motifs is 1. The van der Waals surface area contributed by atoms with Gasteiger partial charge in [0.15, 0.2) is 0 Å². The molecular formula is C23H27N7. The molecule has 5 heterocycles. The number of nitrogens with zero attached hydrogens (tertiary/aromatic N) is 6. The van der Waals surface area contributed by atoms with E-state index in [2.05, 4.69) is 64.0 Å². The predicted octanol–water partition coefficient (Wildman–Crippen LogP) is 3.39. The largest absolute Gasteiger partial charge is 0.354 e. The first-order chi connectivity index (χ1) is 14.5. The summed E-state index contributed by atoms with van der Waals surface area (Å²) in [6, 6.07) is 6.50. The van der Waals surface area contributed by atoms with E-state index in [1.54, 1.807) is 0 Å². The second kappa shape index (κ2) is 7.25. The van der Waals surface area contributed by atoms with Crippen molar-refractivity contribution in [3.63, 3.8) is 0 Å². The van der Waals surface area contributed by atoms with Crippen LogP contribution in [0, 0.1) is 13.8 Å². The van der Waals surface area contributed by atoms with Gasteiger partial charge in [-0.1, -0.05) is 0 Å². The lowest BCUT2D eigenvalue weighted by molar-refractivity contribution is 0.312. The highest BCUT2D eigenvalue weighted by atomic mass is 15.3. The number of hydrogen-bond acceptors (Lipinski definition) is 5. The van der Waals surface area contributed by atoms with E-state index < -0.39 is 0 Å². The number of aromatic nitrogens is 5. The summed E-state index contributed by atoms with van der Waals surface area (Å²) in [6.45, 7) is 8.29. The minimum atomic E-state index is 0.894. The van der Waals surface area contributed by atoms with Gasteiger partial charge in [0.1, 0.15) is 11.5 Å². The van der Waals surface area contributed by atoms with Crippen molar-refractivity contribution < 1.29 is 0 Å². The lowest BCUT2D eigenvalue weighted by Crippen LogP contribution is -2.44. The molecule has 0 bridgehead atoms. The average molecular weight is 402 g/mol. The number of nitrogens with one attached hydrogen (secondary N) is 1. The minimum Gasteiger partial charge on any atom is -0.354 e. The van der Waals surface area contributed by atoms with Crippen molar-refractivity contribution in [3.05, 3.63) is 48.2 Å². The highest BCUT2D eigenvalue weighted by Crippen LogP contribution is 2.34. The Morgan fingerprint density at radius 3 is 2.50 bits per heavy atom. The van der Waals surface area contributed by atoms with Crippen LogP contribution in [0.25, 0.3) is 33.3 Å². The van der Waals surface area contributed by atoms with Gasteiger partial charge >= 0.3 is 0 Å². The van der Waals surface area contributed by atoms with Gasteiger partial charge in [-0.2, -0.15) is 5.10 Å². The zero-order valence-electron chi connectivity index (χ0n) is 18.0. The zero-order chi connectivity index (χ0) is 20.8. The van der Waals surface area contributed by atoms with E-state index in [1.807, 2.05) is 30.3 Å². The predicted molar refractivity (Wildman–Crippen MR) is 121 cm³/mol. The third-order valence-electron chi connectivity index (χ3n) is 6.21. The van der Waals surface area contributed by atoms with Crippen LogP contribution < -0.4 is 4.90 Å². The number of pyridine rings is 2. The Kier molecular flexibility index (Phi) is 4.55. The second-order valence-electron chi connectivity index (χ2n) is 8.18. The quantitative estimate of drug-likeness (QED) is 0.570. The monoisotopic (exact) mass is 401 g/mol. The molecule has 0 unspecified atom stereocenters. The van der Waals surface area contributed by atoms with Crippen molar-refractivity contribution in [2.75, 3.05) is 38.1 Å². The molecule has 1 N–H and O–H groups in total. The summed E-state index contributed by atoms with van der Waals surface area (Å²) in [5.41, 5.74) is 7.62. The van der Waals surface area contributed by atoms with Crippen LogP contribution in [0.3, 0.4) is 0 Å². The van der Waals surface area contributed by atoms with Crippen molar-refractivity contribution in [2.45, 2.75) is 13.8 Å². The van der Waals surface area contributed by atoms with Crippen molar-refractivity contribution in [2.24, 2.45) is 7.05 Å². The van der Waals surface area contributed by atoms with Crippen LogP contribution in [-0.4, -0.2) is 62.9 Å². The van der Waals surface area contributed by atoms with Gasteiger partial charge in [0.25, 0.3) is 0 Å². The topological polar surface area (TPSA) is 65.9 Å². The Balaban J connectivity index is 1.56. The first kappa shape index (κ1) is 18.8. The van der Waals surface area contributed by atoms with E-state index >= 15 is 0 Å². The highest BCUT2D eigenvalue weighted by Gasteiger charge is 2.18. The van der Waals surface area contributed by atoms with E-state index in [0.29, 0.717) is 0 Å². The summed E-state index contributed by atoms with van der Waals surface area (Å²) < 4.78 is 1.93. The van der Waals surface area contributed by atoms with Crippen LogP contribution in [0.1, 0.15) is 11.4 Å². The first-order valence-corrected chi connectivity index (χ1v) is 10.4. The lowest BCUT2D eigenvalue weighted by Gasteiger charge is -2.33. The van der Waals surface area contributed by atoms with Crippen LogP contribution in [-0.2, 0) is 7.05 Å². The van der Waals surface area contributed by atoms with E-state index in [-0.39, 0.29) is 0 Å². The fourth-order valence-electron chi connectivity index (χ4n) is 4.36. The highest BCUT2D eigenvalue weighted by molar-refractivity contribution is 5.96. The summed E-state index contributed by atoms with van der Waals surface area (Å²) in [7, 11) is 4.15. The van der Waals surface area contributed by atoms with Gasteiger partial charge in [0.05, 0.1) is 5.69 Å². The van der Waals surface area contributed by atoms with E-state index in [4.69, 9.17) is 4.98 Å². The molecule has 7 nitrogen and oxygen atoms in total. The Morgan fingerprint density at radius 1 is 0.967 bits per heavy atom. The van der Waals surface area contributed by atoms with Crippen molar-refractivity contribution in [1.82, 2.24) is 29.6 Å². The van der Waals surface area contributed by atoms with E-state index in [9.17, 15) is 0 Å². The van der Waals surface area contributed by atoms with Gasteiger partial charge < -0.3 is 14.8 Å². The summed E-state index contributed by atoms with van der Waals surface area (Å²) in [5.74, 6) is 1.04. The van der Waals surface area contributed by atoms with Crippen LogP contribution >= 0.6 is 0 Å². The standard InChI is InChI=1S/C23H27N7/c1-15-22(16(2)29(4)27-15)18-11-19-20(14-26-23(19)25-13-18)17-5-6-24-21(12-17)30-9-7-28(3)8-10-30/h5-6,11-14H,7-10H2,1-4H3,(H,25,26). The maximum atomic E-state index is 4.69.